The number of carbonyl (C=O) groups excluding carboxylic acids is 1. The standard InChI is InChI=1S/C25H25NO4/c1-16-10-12-17(13-11-16)24(28)23(27)14-26-25(29)30-15-22-20-8-4-2-6-18(20)19-7-3-5-9-21(19)22/h2-13,22-24,27-28H,14-15H2,1H3,(H,26,29). The Hall–Kier alpha value is -3.15. The van der Waals surface area contributed by atoms with E-state index in [2.05, 4.69) is 29.6 Å². The van der Waals surface area contributed by atoms with Gasteiger partial charge in [-0.05, 0) is 34.7 Å². The molecule has 1 aliphatic carbocycles. The van der Waals surface area contributed by atoms with Crippen LogP contribution >= 0.6 is 0 Å². The number of hydrogen-bond acceptors (Lipinski definition) is 4. The number of fused-ring (bicyclic) bond motifs is 3. The van der Waals surface area contributed by atoms with Gasteiger partial charge in [0, 0.05) is 12.5 Å². The van der Waals surface area contributed by atoms with Crippen LogP contribution in [0.4, 0.5) is 4.79 Å². The number of aryl methyl sites for hydroxylation is 1. The van der Waals surface area contributed by atoms with E-state index in [1.807, 2.05) is 43.3 Å². The summed E-state index contributed by atoms with van der Waals surface area (Å²) in [5.74, 6) is -0.0220. The maximum absolute atomic E-state index is 12.2. The molecule has 0 fully saturated rings. The minimum atomic E-state index is -1.13. The predicted molar refractivity (Wildman–Crippen MR) is 115 cm³/mol. The SMILES string of the molecule is Cc1ccc(C(O)C(O)CNC(=O)OCC2c3ccccc3-c3ccccc32)cc1. The first-order valence-corrected chi connectivity index (χ1v) is 10.1. The summed E-state index contributed by atoms with van der Waals surface area (Å²) in [7, 11) is 0. The van der Waals surface area contributed by atoms with Gasteiger partial charge in [-0.1, -0.05) is 78.4 Å². The van der Waals surface area contributed by atoms with Crippen LogP contribution in [0.15, 0.2) is 72.8 Å². The predicted octanol–water partition coefficient (Wildman–Crippen LogP) is 3.93. The van der Waals surface area contributed by atoms with E-state index in [1.54, 1.807) is 12.1 Å². The Balaban J connectivity index is 1.33. The third-order valence-electron chi connectivity index (χ3n) is 5.58. The summed E-state index contributed by atoms with van der Waals surface area (Å²) in [5, 5.41) is 23.0. The molecule has 30 heavy (non-hydrogen) atoms. The molecule has 0 heterocycles. The Morgan fingerprint density at radius 3 is 2.10 bits per heavy atom. The lowest BCUT2D eigenvalue weighted by atomic mass is 9.98. The number of aliphatic hydroxyl groups is 2. The fraction of sp³-hybridized carbons (Fsp3) is 0.240. The van der Waals surface area contributed by atoms with Crippen molar-refractivity contribution in [2.24, 2.45) is 0 Å². The summed E-state index contributed by atoms with van der Waals surface area (Å²) >= 11 is 0. The van der Waals surface area contributed by atoms with E-state index in [0.717, 1.165) is 16.7 Å². The van der Waals surface area contributed by atoms with Crippen molar-refractivity contribution in [1.29, 1.82) is 0 Å². The fourth-order valence-electron chi connectivity index (χ4n) is 3.93. The van der Waals surface area contributed by atoms with Gasteiger partial charge >= 0.3 is 6.09 Å². The second kappa shape index (κ2) is 8.69. The molecule has 5 nitrogen and oxygen atoms in total. The molecular formula is C25H25NO4. The van der Waals surface area contributed by atoms with Crippen LogP contribution in [0, 0.1) is 6.92 Å². The molecule has 0 radical (unpaired) electrons. The molecule has 3 N–H and O–H groups in total. The third kappa shape index (κ3) is 4.08. The molecule has 0 aliphatic heterocycles. The highest BCUT2D eigenvalue weighted by molar-refractivity contribution is 5.79. The molecule has 4 rings (SSSR count). The minimum absolute atomic E-state index is 0.0220. The lowest BCUT2D eigenvalue weighted by Gasteiger charge is -2.19. The minimum Gasteiger partial charge on any atom is -0.449 e. The number of alkyl carbamates (subject to hydrolysis) is 1. The normalized spacial score (nSPS) is 14.5. The van der Waals surface area contributed by atoms with E-state index < -0.39 is 18.3 Å². The highest BCUT2D eigenvalue weighted by Crippen LogP contribution is 2.44. The van der Waals surface area contributed by atoms with Gasteiger partial charge in [0.05, 0.1) is 0 Å². The van der Waals surface area contributed by atoms with Crippen LogP contribution in [0.1, 0.15) is 34.3 Å². The van der Waals surface area contributed by atoms with Crippen LogP contribution in [-0.4, -0.2) is 35.6 Å². The molecule has 3 aromatic rings. The largest absolute Gasteiger partial charge is 0.449 e. The van der Waals surface area contributed by atoms with Crippen molar-refractivity contribution in [2.75, 3.05) is 13.2 Å². The second-order valence-electron chi connectivity index (χ2n) is 7.63. The summed E-state index contributed by atoms with van der Waals surface area (Å²) in [5.41, 5.74) is 6.28. The number of aliphatic hydroxyl groups excluding tert-OH is 2. The van der Waals surface area contributed by atoms with Gasteiger partial charge in [0.25, 0.3) is 0 Å². The van der Waals surface area contributed by atoms with Crippen molar-refractivity contribution in [1.82, 2.24) is 5.32 Å². The zero-order chi connectivity index (χ0) is 21.1. The first kappa shape index (κ1) is 20.1. The number of carbonyl (C=O) groups is 1. The Labute approximate surface area is 176 Å². The Kier molecular flexibility index (Phi) is 5.84. The molecule has 2 unspecified atom stereocenters. The molecule has 0 spiro atoms. The average molecular weight is 403 g/mol. The Bertz CT molecular complexity index is 986. The van der Waals surface area contributed by atoms with Gasteiger partial charge in [0.15, 0.2) is 0 Å². The molecule has 154 valence electrons. The van der Waals surface area contributed by atoms with E-state index in [1.165, 1.54) is 11.1 Å². The Morgan fingerprint density at radius 1 is 0.933 bits per heavy atom. The smallest absolute Gasteiger partial charge is 0.407 e. The topological polar surface area (TPSA) is 78.8 Å². The molecule has 3 aromatic carbocycles. The summed E-state index contributed by atoms with van der Waals surface area (Å²) in [6.45, 7) is 2.05. The molecule has 0 saturated heterocycles. The Morgan fingerprint density at radius 2 is 1.50 bits per heavy atom. The average Bonchev–Trinajstić information content (AvgIpc) is 3.10. The molecular weight excluding hydrogens is 378 g/mol. The molecule has 0 aromatic heterocycles. The van der Waals surface area contributed by atoms with Crippen molar-refractivity contribution in [2.45, 2.75) is 25.0 Å². The third-order valence-corrected chi connectivity index (χ3v) is 5.58. The highest BCUT2D eigenvalue weighted by atomic mass is 16.5. The van der Waals surface area contributed by atoms with Crippen LogP contribution in [0.25, 0.3) is 11.1 Å². The number of rotatable bonds is 6. The molecule has 1 aliphatic rings. The van der Waals surface area contributed by atoms with E-state index in [9.17, 15) is 15.0 Å². The molecule has 5 heteroatoms. The van der Waals surface area contributed by atoms with Gasteiger partial charge in [0.1, 0.15) is 18.8 Å². The highest BCUT2D eigenvalue weighted by Gasteiger charge is 2.29. The maximum Gasteiger partial charge on any atom is 0.407 e. The summed E-state index contributed by atoms with van der Waals surface area (Å²) in [6.07, 6.45) is -2.83. The first-order valence-electron chi connectivity index (χ1n) is 10.1. The summed E-state index contributed by atoms with van der Waals surface area (Å²) in [6, 6.07) is 23.5. The maximum atomic E-state index is 12.2. The van der Waals surface area contributed by atoms with Gasteiger partial charge < -0.3 is 20.3 Å². The number of amides is 1. The van der Waals surface area contributed by atoms with Crippen LogP contribution in [-0.2, 0) is 4.74 Å². The van der Waals surface area contributed by atoms with Gasteiger partial charge in [0.2, 0.25) is 0 Å². The van der Waals surface area contributed by atoms with Crippen molar-refractivity contribution < 1.29 is 19.7 Å². The van der Waals surface area contributed by atoms with Crippen molar-refractivity contribution in [3.05, 3.63) is 95.1 Å². The number of ether oxygens (including phenoxy) is 1. The molecule has 0 bridgehead atoms. The van der Waals surface area contributed by atoms with E-state index in [-0.39, 0.29) is 19.1 Å². The fourth-order valence-corrected chi connectivity index (χ4v) is 3.93. The quantitative estimate of drug-likeness (QED) is 0.583. The van der Waals surface area contributed by atoms with Crippen LogP contribution in [0.2, 0.25) is 0 Å². The van der Waals surface area contributed by atoms with E-state index in [4.69, 9.17) is 4.74 Å². The van der Waals surface area contributed by atoms with Crippen LogP contribution in [0.3, 0.4) is 0 Å². The van der Waals surface area contributed by atoms with Gasteiger partial charge in [-0.25, -0.2) is 4.79 Å². The lowest BCUT2D eigenvalue weighted by molar-refractivity contribution is 0.0185. The first-order chi connectivity index (χ1) is 14.5. The van der Waals surface area contributed by atoms with Crippen LogP contribution in [0.5, 0.6) is 0 Å². The van der Waals surface area contributed by atoms with E-state index in [0.29, 0.717) is 5.56 Å². The monoisotopic (exact) mass is 403 g/mol. The number of hydrogen-bond donors (Lipinski definition) is 3. The van der Waals surface area contributed by atoms with Crippen LogP contribution < -0.4 is 5.32 Å². The molecule has 2 atom stereocenters. The number of benzene rings is 3. The van der Waals surface area contributed by atoms with E-state index >= 15 is 0 Å². The summed E-state index contributed by atoms with van der Waals surface area (Å²) in [4.78, 5) is 12.2. The van der Waals surface area contributed by atoms with Gasteiger partial charge in [-0.3, -0.25) is 0 Å². The van der Waals surface area contributed by atoms with Crippen molar-refractivity contribution in [3.8, 4) is 11.1 Å². The van der Waals surface area contributed by atoms with Crippen molar-refractivity contribution in [3.63, 3.8) is 0 Å². The van der Waals surface area contributed by atoms with Gasteiger partial charge in [-0.15, -0.1) is 0 Å². The summed E-state index contributed by atoms with van der Waals surface area (Å²) < 4.78 is 5.45. The van der Waals surface area contributed by atoms with Crippen molar-refractivity contribution >= 4 is 6.09 Å². The lowest BCUT2D eigenvalue weighted by Crippen LogP contribution is -2.36. The number of nitrogens with one attached hydrogen (secondary N) is 1. The zero-order valence-corrected chi connectivity index (χ0v) is 16.8. The zero-order valence-electron chi connectivity index (χ0n) is 16.8. The van der Waals surface area contributed by atoms with Gasteiger partial charge in [-0.2, -0.15) is 0 Å². The molecule has 1 amide bonds. The molecule has 0 saturated carbocycles. The second-order valence-corrected chi connectivity index (χ2v) is 7.63.